The van der Waals surface area contributed by atoms with Crippen LogP contribution in [0.4, 0.5) is 0 Å². The van der Waals surface area contributed by atoms with Crippen LogP contribution in [0, 0.1) is 24.2 Å². The second-order valence-corrected chi connectivity index (χ2v) is 4.75. The average molecular weight is 244 g/mol. The summed E-state index contributed by atoms with van der Waals surface area (Å²) in [6, 6.07) is 7.01. The highest BCUT2D eigenvalue weighted by Gasteiger charge is 2.28. The van der Waals surface area contributed by atoms with Crippen LogP contribution in [0.25, 0.3) is 0 Å². The number of carbonyl (C=O) groups excluding carboxylic acids is 1. The summed E-state index contributed by atoms with van der Waals surface area (Å²) >= 11 is 0. The SMILES string of the molecule is Cc1ccc(C(=O)NC2CCCC2C#N)cc1O. The largest absolute Gasteiger partial charge is 0.508 e. The number of phenols is 1. The van der Waals surface area contributed by atoms with Gasteiger partial charge in [0.15, 0.2) is 0 Å². The van der Waals surface area contributed by atoms with E-state index >= 15 is 0 Å². The summed E-state index contributed by atoms with van der Waals surface area (Å²) in [7, 11) is 0. The standard InChI is InChI=1S/C14H16N2O2/c1-9-5-6-10(7-13(9)17)14(18)16-12-4-2-3-11(12)8-15/h5-7,11-12,17H,2-4H2,1H3,(H,16,18). The predicted molar refractivity (Wildman–Crippen MR) is 67.1 cm³/mol. The normalized spacial score (nSPS) is 22.4. The molecule has 94 valence electrons. The van der Waals surface area contributed by atoms with Crippen molar-refractivity contribution < 1.29 is 9.90 Å². The lowest BCUT2D eigenvalue weighted by Crippen LogP contribution is -2.36. The molecule has 4 heteroatoms. The molecule has 0 bridgehead atoms. The summed E-state index contributed by atoms with van der Waals surface area (Å²) in [4.78, 5) is 12.0. The molecule has 0 spiro atoms. The first-order valence-electron chi connectivity index (χ1n) is 6.12. The van der Waals surface area contributed by atoms with Gasteiger partial charge in [0.25, 0.3) is 5.91 Å². The number of nitrogens with zero attached hydrogens (tertiary/aromatic N) is 1. The fraction of sp³-hybridized carbons (Fsp3) is 0.429. The Morgan fingerprint density at radius 2 is 2.28 bits per heavy atom. The Hall–Kier alpha value is -2.02. The topological polar surface area (TPSA) is 73.1 Å². The first-order valence-corrected chi connectivity index (χ1v) is 6.12. The number of aryl methyl sites for hydroxylation is 1. The van der Waals surface area contributed by atoms with E-state index in [4.69, 9.17) is 5.26 Å². The molecule has 1 aromatic rings. The fourth-order valence-corrected chi connectivity index (χ4v) is 2.29. The second kappa shape index (κ2) is 5.09. The zero-order valence-electron chi connectivity index (χ0n) is 10.3. The van der Waals surface area contributed by atoms with E-state index < -0.39 is 0 Å². The lowest BCUT2D eigenvalue weighted by Gasteiger charge is -2.15. The van der Waals surface area contributed by atoms with Crippen LogP contribution in [0.2, 0.25) is 0 Å². The third-order valence-corrected chi connectivity index (χ3v) is 3.47. The Bertz CT molecular complexity index is 505. The summed E-state index contributed by atoms with van der Waals surface area (Å²) in [6.07, 6.45) is 2.67. The molecule has 2 unspecified atom stereocenters. The molecule has 1 saturated carbocycles. The molecule has 0 aliphatic heterocycles. The van der Waals surface area contributed by atoms with Crippen molar-refractivity contribution in [3.05, 3.63) is 29.3 Å². The van der Waals surface area contributed by atoms with E-state index in [2.05, 4.69) is 11.4 Å². The summed E-state index contributed by atoms with van der Waals surface area (Å²) in [5, 5.41) is 21.4. The van der Waals surface area contributed by atoms with Gasteiger partial charge < -0.3 is 10.4 Å². The predicted octanol–water partition coefficient (Wildman–Crippen LogP) is 2.12. The first-order chi connectivity index (χ1) is 8.61. The van der Waals surface area contributed by atoms with Crippen molar-refractivity contribution in [1.29, 1.82) is 5.26 Å². The van der Waals surface area contributed by atoms with Crippen LogP contribution >= 0.6 is 0 Å². The van der Waals surface area contributed by atoms with Crippen molar-refractivity contribution in [3.63, 3.8) is 0 Å². The van der Waals surface area contributed by atoms with Gasteiger partial charge >= 0.3 is 0 Å². The van der Waals surface area contributed by atoms with E-state index in [0.717, 1.165) is 24.8 Å². The van der Waals surface area contributed by atoms with E-state index in [9.17, 15) is 9.90 Å². The van der Waals surface area contributed by atoms with E-state index in [-0.39, 0.29) is 23.6 Å². The van der Waals surface area contributed by atoms with Gasteiger partial charge in [-0.25, -0.2) is 0 Å². The van der Waals surface area contributed by atoms with E-state index in [1.165, 1.54) is 6.07 Å². The molecule has 4 nitrogen and oxygen atoms in total. The van der Waals surface area contributed by atoms with Gasteiger partial charge in [-0.05, 0) is 43.9 Å². The van der Waals surface area contributed by atoms with Crippen LogP contribution in [0.15, 0.2) is 18.2 Å². The number of rotatable bonds is 2. The maximum absolute atomic E-state index is 12.0. The van der Waals surface area contributed by atoms with Gasteiger partial charge in [0.1, 0.15) is 5.75 Å². The van der Waals surface area contributed by atoms with Crippen molar-refractivity contribution in [2.45, 2.75) is 32.2 Å². The molecule has 0 saturated heterocycles. The Morgan fingerprint density at radius 1 is 1.50 bits per heavy atom. The zero-order chi connectivity index (χ0) is 13.1. The van der Waals surface area contributed by atoms with Crippen molar-refractivity contribution >= 4 is 5.91 Å². The number of carbonyl (C=O) groups is 1. The van der Waals surface area contributed by atoms with Crippen molar-refractivity contribution in [2.75, 3.05) is 0 Å². The number of hydrogen-bond donors (Lipinski definition) is 2. The first kappa shape index (κ1) is 12.4. The fourth-order valence-electron chi connectivity index (χ4n) is 2.29. The van der Waals surface area contributed by atoms with E-state index in [1.54, 1.807) is 19.1 Å². The summed E-state index contributed by atoms with van der Waals surface area (Å²) in [5.74, 6) is -0.198. The van der Waals surface area contributed by atoms with Gasteiger partial charge in [-0.2, -0.15) is 5.26 Å². The molecule has 1 fully saturated rings. The van der Waals surface area contributed by atoms with Crippen LogP contribution in [0.5, 0.6) is 5.75 Å². The highest BCUT2D eigenvalue weighted by molar-refractivity contribution is 5.94. The monoisotopic (exact) mass is 244 g/mol. The summed E-state index contributed by atoms with van der Waals surface area (Å²) < 4.78 is 0. The molecule has 18 heavy (non-hydrogen) atoms. The number of amides is 1. The van der Waals surface area contributed by atoms with Gasteiger partial charge in [0.05, 0.1) is 12.0 Å². The molecular formula is C14H16N2O2. The summed E-state index contributed by atoms with van der Waals surface area (Å²) in [6.45, 7) is 1.78. The van der Waals surface area contributed by atoms with Crippen LogP contribution in [-0.2, 0) is 0 Å². The number of hydrogen-bond acceptors (Lipinski definition) is 3. The van der Waals surface area contributed by atoms with Gasteiger partial charge in [-0.1, -0.05) is 6.07 Å². The minimum Gasteiger partial charge on any atom is -0.508 e. The third kappa shape index (κ3) is 2.45. The quantitative estimate of drug-likeness (QED) is 0.837. The lowest BCUT2D eigenvalue weighted by molar-refractivity contribution is 0.0932. The van der Waals surface area contributed by atoms with Gasteiger partial charge in [-0.3, -0.25) is 4.79 Å². The minimum atomic E-state index is -0.225. The number of phenolic OH excluding ortho intramolecular Hbond substituents is 1. The highest BCUT2D eigenvalue weighted by atomic mass is 16.3. The molecule has 1 amide bonds. The molecule has 2 rings (SSSR count). The molecular weight excluding hydrogens is 228 g/mol. The maximum atomic E-state index is 12.0. The molecule has 1 aromatic carbocycles. The van der Waals surface area contributed by atoms with Crippen LogP contribution in [-0.4, -0.2) is 17.1 Å². The van der Waals surface area contributed by atoms with Gasteiger partial charge in [0.2, 0.25) is 0 Å². The lowest BCUT2D eigenvalue weighted by atomic mass is 10.0. The zero-order valence-corrected chi connectivity index (χ0v) is 10.3. The van der Waals surface area contributed by atoms with Gasteiger partial charge in [-0.15, -0.1) is 0 Å². The van der Waals surface area contributed by atoms with Crippen LogP contribution in [0.3, 0.4) is 0 Å². The second-order valence-electron chi connectivity index (χ2n) is 4.75. The average Bonchev–Trinajstić information content (AvgIpc) is 2.79. The highest BCUT2D eigenvalue weighted by Crippen LogP contribution is 2.25. The number of aromatic hydroxyl groups is 1. The Morgan fingerprint density at radius 3 is 2.94 bits per heavy atom. The molecule has 0 heterocycles. The Labute approximate surface area is 106 Å². The molecule has 0 radical (unpaired) electrons. The molecule has 1 aliphatic carbocycles. The number of nitrogens with one attached hydrogen (secondary N) is 1. The number of benzene rings is 1. The van der Waals surface area contributed by atoms with Crippen molar-refractivity contribution in [2.24, 2.45) is 5.92 Å². The van der Waals surface area contributed by atoms with Gasteiger partial charge in [0, 0.05) is 11.6 Å². The maximum Gasteiger partial charge on any atom is 0.251 e. The smallest absolute Gasteiger partial charge is 0.251 e. The van der Waals surface area contributed by atoms with Crippen molar-refractivity contribution in [1.82, 2.24) is 5.32 Å². The summed E-state index contributed by atoms with van der Waals surface area (Å²) in [5.41, 5.74) is 1.17. The molecule has 0 aromatic heterocycles. The van der Waals surface area contributed by atoms with E-state index in [1.807, 2.05) is 0 Å². The number of nitriles is 1. The molecule has 1 aliphatic rings. The van der Waals surface area contributed by atoms with E-state index in [0.29, 0.717) is 5.56 Å². The Kier molecular flexibility index (Phi) is 3.52. The Balaban J connectivity index is 2.08. The molecule has 2 atom stereocenters. The van der Waals surface area contributed by atoms with Crippen LogP contribution in [0.1, 0.15) is 35.2 Å². The van der Waals surface area contributed by atoms with Crippen molar-refractivity contribution in [3.8, 4) is 11.8 Å². The van der Waals surface area contributed by atoms with Crippen LogP contribution < -0.4 is 5.32 Å². The third-order valence-electron chi connectivity index (χ3n) is 3.47. The minimum absolute atomic E-state index is 0.0639. The molecule has 2 N–H and O–H groups in total.